The zero-order valence-electron chi connectivity index (χ0n) is 7.35. The Morgan fingerprint density at radius 1 is 1.46 bits per heavy atom. The summed E-state index contributed by atoms with van der Waals surface area (Å²) in [6.07, 6.45) is 4.73. The van der Waals surface area contributed by atoms with Gasteiger partial charge in [0.2, 0.25) is 0 Å². The zero-order chi connectivity index (χ0) is 9.10. The molecule has 3 heteroatoms. The normalized spacial score (nSPS) is 20.8. The van der Waals surface area contributed by atoms with Crippen molar-refractivity contribution in [3.05, 3.63) is 26.9 Å². The lowest BCUT2D eigenvalue weighted by Gasteiger charge is -2.14. The van der Waals surface area contributed by atoms with E-state index in [4.69, 9.17) is 11.6 Å². The first-order valence-electron chi connectivity index (χ1n) is 4.50. The number of nitrogens with one attached hydrogen (secondary N) is 1. The fourth-order valence-electron chi connectivity index (χ4n) is 1.51. The lowest BCUT2D eigenvalue weighted by Crippen LogP contribution is -2.23. The van der Waals surface area contributed by atoms with Crippen LogP contribution >= 0.6 is 22.9 Å². The van der Waals surface area contributed by atoms with Gasteiger partial charge in [0.05, 0.1) is 4.34 Å². The molecule has 2 heterocycles. The smallest absolute Gasteiger partial charge is 0.0934 e. The van der Waals surface area contributed by atoms with E-state index >= 15 is 0 Å². The Labute approximate surface area is 87.4 Å². The largest absolute Gasteiger partial charge is 0.313 e. The molecule has 2 rings (SSSR count). The van der Waals surface area contributed by atoms with Crippen molar-refractivity contribution in [3.8, 4) is 0 Å². The van der Waals surface area contributed by atoms with E-state index in [2.05, 4.69) is 17.5 Å². The van der Waals surface area contributed by atoms with E-state index in [1.54, 1.807) is 11.3 Å². The highest BCUT2D eigenvalue weighted by Crippen LogP contribution is 2.24. The minimum Gasteiger partial charge on any atom is -0.313 e. The van der Waals surface area contributed by atoms with E-state index in [1.165, 1.54) is 23.3 Å². The van der Waals surface area contributed by atoms with Crippen LogP contribution in [0.15, 0.2) is 17.7 Å². The van der Waals surface area contributed by atoms with Gasteiger partial charge < -0.3 is 5.32 Å². The van der Waals surface area contributed by atoms with Crippen molar-refractivity contribution in [2.45, 2.75) is 12.8 Å². The molecule has 70 valence electrons. The fourth-order valence-corrected chi connectivity index (χ4v) is 2.56. The standard InChI is InChI=1S/C10H12ClNS/c11-10-4-3-9(13-10)6-8-2-1-5-12-7-8/h3-4,6,12H,1-2,5,7H2. The van der Waals surface area contributed by atoms with Crippen LogP contribution in [0.2, 0.25) is 4.34 Å². The Balaban J connectivity index is 2.09. The van der Waals surface area contributed by atoms with Crippen LogP contribution in [0.1, 0.15) is 17.7 Å². The highest BCUT2D eigenvalue weighted by atomic mass is 35.5. The summed E-state index contributed by atoms with van der Waals surface area (Å²) in [5, 5.41) is 3.37. The van der Waals surface area contributed by atoms with Crippen LogP contribution in [-0.2, 0) is 0 Å². The molecule has 0 aliphatic carbocycles. The Kier molecular flexibility index (Phi) is 3.04. The van der Waals surface area contributed by atoms with E-state index < -0.39 is 0 Å². The second kappa shape index (κ2) is 4.27. The van der Waals surface area contributed by atoms with Crippen LogP contribution in [0.4, 0.5) is 0 Å². The molecule has 1 N–H and O–H groups in total. The summed E-state index contributed by atoms with van der Waals surface area (Å²) < 4.78 is 0.871. The number of thiophene rings is 1. The molecule has 0 bridgehead atoms. The predicted molar refractivity (Wildman–Crippen MR) is 59.4 cm³/mol. The topological polar surface area (TPSA) is 12.0 Å². The molecule has 0 atom stereocenters. The Morgan fingerprint density at radius 2 is 2.38 bits per heavy atom. The van der Waals surface area contributed by atoms with Crippen LogP contribution in [0.5, 0.6) is 0 Å². The first kappa shape index (κ1) is 9.25. The van der Waals surface area contributed by atoms with E-state index in [9.17, 15) is 0 Å². The van der Waals surface area contributed by atoms with Crippen molar-refractivity contribution in [1.82, 2.24) is 5.32 Å². The van der Waals surface area contributed by atoms with Gasteiger partial charge in [-0.25, -0.2) is 0 Å². The van der Waals surface area contributed by atoms with Crippen LogP contribution in [0, 0.1) is 0 Å². The van der Waals surface area contributed by atoms with Crippen molar-refractivity contribution in [1.29, 1.82) is 0 Å². The van der Waals surface area contributed by atoms with Crippen molar-refractivity contribution in [2.24, 2.45) is 0 Å². The molecule has 0 radical (unpaired) electrons. The summed E-state index contributed by atoms with van der Waals surface area (Å²) in [4.78, 5) is 1.27. The monoisotopic (exact) mass is 213 g/mol. The molecule has 0 aromatic carbocycles. The maximum Gasteiger partial charge on any atom is 0.0934 e. The highest BCUT2D eigenvalue weighted by Gasteiger charge is 2.04. The molecule has 1 aromatic rings. The summed E-state index contributed by atoms with van der Waals surface area (Å²) in [5.74, 6) is 0. The average molecular weight is 214 g/mol. The Hall–Kier alpha value is -0.310. The number of hydrogen-bond donors (Lipinski definition) is 1. The molecule has 1 aliphatic rings. The third-order valence-electron chi connectivity index (χ3n) is 2.14. The molecule has 1 saturated heterocycles. The van der Waals surface area contributed by atoms with Gasteiger partial charge in [-0.1, -0.05) is 17.2 Å². The van der Waals surface area contributed by atoms with Gasteiger partial charge in [-0.2, -0.15) is 0 Å². The third kappa shape index (κ3) is 2.56. The number of halogens is 1. The van der Waals surface area contributed by atoms with E-state index in [1.807, 2.05) is 6.07 Å². The summed E-state index contributed by atoms with van der Waals surface area (Å²) in [7, 11) is 0. The maximum absolute atomic E-state index is 5.85. The van der Waals surface area contributed by atoms with Crippen LogP contribution in [0.3, 0.4) is 0 Å². The first-order chi connectivity index (χ1) is 6.34. The van der Waals surface area contributed by atoms with Crippen molar-refractivity contribution >= 4 is 29.0 Å². The molecule has 0 amide bonds. The van der Waals surface area contributed by atoms with Crippen LogP contribution < -0.4 is 5.32 Å². The van der Waals surface area contributed by atoms with Crippen molar-refractivity contribution < 1.29 is 0 Å². The highest BCUT2D eigenvalue weighted by molar-refractivity contribution is 7.17. The van der Waals surface area contributed by atoms with E-state index in [0.29, 0.717) is 0 Å². The van der Waals surface area contributed by atoms with Crippen LogP contribution in [-0.4, -0.2) is 13.1 Å². The molecular weight excluding hydrogens is 202 g/mol. The van der Waals surface area contributed by atoms with Gasteiger partial charge in [0.25, 0.3) is 0 Å². The minimum absolute atomic E-state index is 0.871. The number of hydrogen-bond acceptors (Lipinski definition) is 2. The van der Waals surface area contributed by atoms with Gasteiger partial charge in [-0.05, 0) is 37.6 Å². The lowest BCUT2D eigenvalue weighted by atomic mass is 10.1. The van der Waals surface area contributed by atoms with E-state index in [-0.39, 0.29) is 0 Å². The molecule has 1 aliphatic heterocycles. The molecule has 1 nitrogen and oxygen atoms in total. The quantitative estimate of drug-likeness (QED) is 0.756. The SMILES string of the molecule is Clc1ccc(C=C2CCCNC2)s1. The zero-order valence-corrected chi connectivity index (χ0v) is 8.92. The number of piperidine rings is 1. The van der Waals surface area contributed by atoms with Crippen molar-refractivity contribution in [3.63, 3.8) is 0 Å². The van der Waals surface area contributed by atoms with Gasteiger partial charge in [-0.15, -0.1) is 11.3 Å². The summed E-state index contributed by atoms with van der Waals surface area (Å²) in [6.45, 7) is 2.19. The molecule has 13 heavy (non-hydrogen) atoms. The van der Waals surface area contributed by atoms with Gasteiger partial charge in [0, 0.05) is 11.4 Å². The fraction of sp³-hybridized carbons (Fsp3) is 0.400. The maximum atomic E-state index is 5.85. The number of rotatable bonds is 1. The van der Waals surface area contributed by atoms with E-state index in [0.717, 1.165) is 17.4 Å². The molecular formula is C10H12ClNS. The molecule has 0 spiro atoms. The second-order valence-electron chi connectivity index (χ2n) is 3.22. The second-order valence-corrected chi connectivity index (χ2v) is 4.97. The summed E-state index contributed by atoms with van der Waals surface area (Å²) in [6, 6.07) is 4.03. The van der Waals surface area contributed by atoms with Gasteiger partial charge in [-0.3, -0.25) is 0 Å². The predicted octanol–water partition coefficient (Wildman–Crippen LogP) is 3.17. The van der Waals surface area contributed by atoms with Gasteiger partial charge in [0.1, 0.15) is 0 Å². The molecule has 0 saturated carbocycles. The third-order valence-corrected chi connectivity index (χ3v) is 3.32. The Morgan fingerprint density at radius 3 is 3.00 bits per heavy atom. The van der Waals surface area contributed by atoms with Gasteiger partial charge in [0.15, 0.2) is 0 Å². The van der Waals surface area contributed by atoms with Crippen LogP contribution in [0.25, 0.3) is 6.08 Å². The summed E-state index contributed by atoms with van der Waals surface area (Å²) >= 11 is 7.49. The summed E-state index contributed by atoms with van der Waals surface area (Å²) in [5.41, 5.74) is 1.49. The molecule has 1 fully saturated rings. The minimum atomic E-state index is 0.871. The van der Waals surface area contributed by atoms with Crippen molar-refractivity contribution in [2.75, 3.05) is 13.1 Å². The molecule has 0 unspecified atom stereocenters. The molecule has 1 aromatic heterocycles. The average Bonchev–Trinajstić information content (AvgIpc) is 2.53. The van der Waals surface area contributed by atoms with Gasteiger partial charge >= 0.3 is 0 Å². The first-order valence-corrected chi connectivity index (χ1v) is 5.69. The Bertz CT molecular complexity index is 308. The lowest BCUT2D eigenvalue weighted by molar-refractivity contribution is 0.613.